The Morgan fingerprint density at radius 3 is 1.91 bits per heavy atom. The maximum atomic E-state index is 14.0. The second-order valence-electron chi connectivity index (χ2n) is 8.66. The molecule has 0 aliphatic carbocycles. The van der Waals surface area contributed by atoms with Crippen LogP contribution in [-0.2, 0) is 24.7 Å². The van der Waals surface area contributed by atoms with Crippen molar-refractivity contribution >= 4 is 11.8 Å². The number of carbonyl (C=O) groups excluding carboxylic acids is 2. The molecule has 0 bridgehead atoms. The largest absolute Gasteiger partial charge is 0.463 e. The summed E-state index contributed by atoms with van der Waals surface area (Å²) in [7, 11) is 0.830. The van der Waals surface area contributed by atoms with Gasteiger partial charge in [0.2, 0.25) is 0 Å². The quantitative estimate of drug-likeness (QED) is 0.452. The Balaban J connectivity index is 2.21. The molecule has 4 nitrogen and oxygen atoms in total. The number of methoxy groups -OCH3 is 1. The van der Waals surface area contributed by atoms with E-state index in [9.17, 15) is 22.8 Å². The number of hydrogen-bond donors (Lipinski definition) is 0. The standard InChI is InChI=1S/C25H29F3O4/c1-23(2,3)21(29)17-19(18-11-7-5-8-12-18)15-16-32-22(30)24(31-4,25(26,27)28)20-13-9-6-10-14-20/h5-14,19H,15-17H2,1-4H3/t19-,24+/m0/s1. The average Bonchev–Trinajstić information content (AvgIpc) is 2.73. The van der Waals surface area contributed by atoms with Gasteiger partial charge in [0, 0.05) is 24.5 Å². The maximum absolute atomic E-state index is 14.0. The average molecular weight is 450 g/mol. The zero-order valence-corrected chi connectivity index (χ0v) is 18.7. The number of halogens is 3. The van der Waals surface area contributed by atoms with Crippen LogP contribution in [0.5, 0.6) is 0 Å². The lowest BCUT2D eigenvalue weighted by Crippen LogP contribution is -2.51. The molecule has 0 unspecified atom stereocenters. The normalized spacial score (nSPS) is 15.0. The molecule has 0 spiro atoms. The third kappa shape index (κ3) is 5.76. The topological polar surface area (TPSA) is 52.6 Å². The first kappa shape index (κ1) is 25.6. The van der Waals surface area contributed by atoms with E-state index in [2.05, 4.69) is 0 Å². The van der Waals surface area contributed by atoms with Crippen LogP contribution in [0.25, 0.3) is 0 Å². The molecule has 0 aliphatic heterocycles. The lowest BCUT2D eigenvalue weighted by Gasteiger charge is -2.32. The Hall–Kier alpha value is -2.67. The second kappa shape index (κ2) is 10.3. The van der Waals surface area contributed by atoms with Crippen LogP contribution in [0.2, 0.25) is 0 Å². The highest BCUT2D eigenvalue weighted by Gasteiger charge is 2.64. The fraction of sp³-hybridized carbons (Fsp3) is 0.440. The van der Waals surface area contributed by atoms with E-state index in [1.807, 2.05) is 51.1 Å². The van der Waals surface area contributed by atoms with E-state index >= 15 is 0 Å². The van der Waals surface area contributed by atoms with Crippen LogP contribution < -0.4 is 0 Å². The van der Waals surface area contributed by atoms with E-state index < -0.39 is 23.2 Å². The van der Waals surface area contributed by atoms with Crippen molar-refractivity contribution in [3.8, 4) is 0 Å². The molecule has 0 N–H and O–H groups in total. The van der Waals surface area contributed by atoms with Crippen molar-refractivity contribution in [1.29, 1.82) is 0 Å². The molecule has 0 amide bonds. The molecule has 0 aromatic heterocycles. The highest BCUT2D eigenvalue weighted by atomic mass is 19.4. The Bertz CT molecular complexity index is 889. The molecule has 2 rings (SSSR count). The van der Waals surface area contributed by atoms with Gasteiger partial charge < -0.3 is 9.47 Å². The minimum absolute atomic E-state index is 0.0171. The van der Waals surface area contributed by atoms with E-state index in [-0.39, 0.29) is 36.7 Å². The van der Waals surface area contributed by atoms with Gasteiger partial charge in [-0.05, 0) is 17.9 Å². The molecule has 2 atom stereocenters. The zero-order valence-electron chi connectivity index (χ0n) is 18.7. The van der Waals surface area contributed by atoms with Crippen LogP contribution in [-0.4, -0.2) is 31.6 Å². The first-order valence-corrected chi connectivity index (χ1v) is 10.4. The molecule has 0 radical (unpaired) electrons. The van der Waals surface area contributed by atoms with Gasteiger partial charge in [-0.3, -0.25) is 4.79 Å². The van der Waals surface area contributed by atoms with Crippen molar-refractivity contribution in [3.63, 3.8) is 0 Å². The molecule has 0 aliphatic rings. The SMILES string of the molecule is CO[C@@](C(=O)OCC[C@@H](CC(=O)C(C)(C)C)c1ccccc1)(c1ccccc1)C(F)(F)F. The molecule has 0 saturated heterocycles. The second-order valence-corrected chi connectivity index (χ2v) is 8.66. The van der Waals surface area contributed by atoms with Gasteiger partial charge in [0.05, 0.1) is 6.61 Å². The third-order valence-corrected chi connectivity index (χ3v) is 5.41. The van der Waals surface area contributed by atoms with Crippen molar-refractivity contribution in [2.45, 2.75) is 51.3 Å². The van der Waals surface area contributed by atoms with Gasteiger partial charge in [-0.25, -0.2) is 4.79 Å². The van der Waals surface area contributed by atoms with Crippen LogP contribution in [0.1, 0.15) is 50.7 Å². The molecular formula is C25H29F3O4. The van der Waals surface area contributed by atoms with Crippen molar-refractivity contribution < 1.29 is 32.2 Å². The summed E-state index contributed by atoms with van der Waals surface area (Å²) in [5.41, 5.74) is -3.28. The smallest absolute Gasteiger partial charge is 0.432 e. The van der Waals surface area contributed by atoms with Gasteiger partial charge in [-0.15, -0.1) is 0 Å². The number of ketones is 1. The predicted molar refractivity (Wildman–Crippen MR) is 115 cm³/mol. The predicted octanol–water partition coefficient (Wildman–Crippen LogP) is 5.81. The summed E-state index contributed by atoms with van der Waals surface area (Å²) in [6.07, 6.45) is -4.64. The highest BCUT2D eigenvalue weighted by molar-refractivity contribution is 5.84. The Morgan fingerprint density at radius 1 is 0.906 bits per heavy atom. The van der Waals surface area contributed by atoms with Gasteiger partial charge in [-0.1, -0.05) is 81.4 Å². The molecule has 32 heavy (non-hydrogen) atoms. The van der Waals surface area contributed by atoms with Gasteiger partial charge >= 0.3 is 12.1 Å². The number of esters is 1. The number of ether oxygens (including phenoxy) is 2. The van der Waals surface area contributed by atoms with E-state index in [0.717, 1.165) is 12.7 Å². The van der Waals surface area contributed by atoms with Crippen molar-refractivity contribution in [3.05, 3.63) is 71.8 Å². The lowest BCUT2D eigenvalue weighted by molar-refractivity contribution is -0.276. The van der Waals surface area contributed by atoms with Gasteiger partial charge in [-0.2, -0.15) is 13.2 Å². The first-order chi connectivity index (χ1) is 14.9. The summed E-state index contributed by atoms with van der Waals surface area (Å²) in [5.74, 6) is -1.81. The number of alkyl halides is 3. The monoisotopic (exact) mass is 450 g/mol. The van der Waals surface area contributed by atoms with Crippen molar-refractivity contribution in [2.75, 3.05) is 13.7 Å². The summed E-state index contributed by atoms with van der Waals surface area (Å²) in [5, 5.41) is 0. The molecule has 2 aromatic carbocycles. The molecule has 7 heteroatoms. The fourth-order valence-corrected chi connectivity index (χ4v) is 3.42. The molecule has 2 aromatic rings. The van der Waals surface area contributed by atoms with Gasteiger partial charge in [0.25, 0.3) is 5.60 Å². The van der Waals surface area contributed by atoms with E-state index in [1.165, 1.54) is 24.3 Å². The summed E-state index contributed by atoms with van der Waals surface area (Å²) in [6.45, 7) is 5.15. The third-order valence-electron chi connectivity index (χ3n) is 5.41. The Labute approximate surface area is 186 Å². The van der Waals surface area contributed by atoms with Crippen LogP contribution in [0.3, 0.4) is 0 Å². The Morgan fingerprint density at radius 2 is 1.44 bits per heavy atom. The number of benzene rings is 2. The minimum atomic E-state index is -5.03. The summed E-state index contributed by atoms with van der Waals surface area (Å²) in [4.78, 5) is 25.3. The molecule has 0 fully saturated rings. The van der Waals surface area contributed by atoms with E-state index in [1.54, 1.807) is 6.07 Å². The van der Waals surface area contributed by atoms with Gasteiger partial charge in [0.15, 0.2) is 0 Å². The summed E-state index contributed by atoms with van der Waals surface area (Å²) < 4.78 is 51.8. The maximum Gasteiger partial charge on any atom is 0.432 e. The molecule has 0 saturated carbocycles. The van der Waals surface area contributed by atoms with Gasteiger partial charge in [0.1, 0.15) is 5.78 Å². The number of Topliss-reactive ketones (excluding diaryl/α,β-unsaturated/α-hetero) is 1. The highest BCUT2D eigenvalue weighted by Crippen LogP contribution is 2.43. The van der Waals surface area contributed by atoms with Crippen LogP contribution in [0.15, 0.2) is 60.7 Å². The minimum Gasteiger partial charge on any atom is -0.463 e. The van der Waals surface area contributed by atoms with Crippen molar-refractivity contribution in [2.24, 2.45) is 5.41 Å². The van der Waals surface area contributed by atoms with E-state index in [4.69, 9.17) is 9.47 Å². The van der Waals surface area contributed by atoms with E-state index in [0.29, 0.717) is 0 Å². The zero-order chi connectivity index (χ0) is 24.0. The number of hydrogen-bond acceptors (Lipinski definition) is 4. The van der Waals surface area contributed by atoms with Crippen molar-refractivity contribution in [1.82, 2.24) is 0 Å². The fourth-order valence-electron chi connectivity index (χ4n) is 3.42. The van der Waals surface area contributed by atoms with Crippen LogP contribution in [0.4, 0.5) is 13.2 Å². The first-order valence-electron chi connectivity index (χ1n) is 10.4. The summed E-state index contributed by atoms with van der Waals surface area (Å²) >= 11 is 0. The summed E-state index contributed by atoms with van der Waals surface area (Å²) in [6, 6.07) is 15.9. The number of carbonyl (C=O) groups is 2. The Kier molecular flexibility index (Phi) is 8.24. The molecule has 174 valence electrons. The van der Waals surface area contributed by atoms with Crippen LogP contribution in [0, 0.1) is 5.41 Å². The van der Waals surface area contributed by atoms with Crippen LogP contribution >= 0.6 is 0 Å². The molecule has 0 heterocycles. The lowest BCUT2D eigenvalue weighted by atomic mass is 9.82. The molecular weight excluding hydrogens is 421 g/mol. The number of rotatable bonds is 9.